The van der Waals surface area contributed by atoms with Crippen molar-refractivity contribution in [2.24, 2.45) is 5.92 Å². The van der Waals surface area contributed by atoms with Gasteiger partial charge in [-0.3, -0.25) is 14.7 Å². The van der Waals surface area contributed by atoms with Crippen molar-refractivity contribution in [3.63, 3.8) is 0 Å². The summed E-state index contributed by atoms with van der Waals surface area (Å²) in [6.07, 6.45) is 6.18. The smallest absolute Gasteiger partial charge is 0.274 e. The lowest BCUT2D eigenvalue weighted by molar-refractivity contribution is -0.121. The number of nitrogens with zero attached hydrogens (tertiary/aromatic N) is 3. The van der Waals surface area contributed by atoms with Crippen LogP contribution in [0.5, 0.6) is 0 Å². The van der Waals surface area contributed by atoms with Gasteiger partial charge in [-0.1, -0.05) is 6.07 Å². The number of piperidine rings is 1. The second kappa shape index (κ2) is 6.66. The van der Waals surface area contributed by atoms with Crippen molar-refractivity contribution in [1.82, 2.24) is 20.1 Å². The van der Waals surface area contributed by atoms with E-state index in [2.05, 4.69) is 20.5 Å². The van der Waals surface area contributed by atoms with Crippen LogP contribution in [0.2, 0.25) is 0 Å². The Bertz CT molecular complexity index is 786. The van der Waals surface area contributed by atoms with Crippen LogP contribution in [0.15, 0.2) is 24.4 Å². The molecule has 2 N–H and O–H groups in total. The molecule has 2 aromatic rings. The van der Waals surface area contributed by atoms with E-state index in [1.165, 1.54) is 0 Å². The van der Waals surface area contributed by atoms with Crippen molar-refractivity contribution in [2.45, 2.75) is 32.1 Å². The van der Waals surface area contributed by atoms with Gasteiger partial charge in [0.2, 0.25) is 5.91 Å². The Balaban J connectivity index is 1.43. The molecule has 1 aliphatic heterocycles. The monoisotopic (exact) mass is 339 g/mol. The highest BCUT2D eigenvalue weighted by atomic mass is 16.2. The molecular weight excluding hydrogens is 318 g/mol. The molecule has 130 valence electrons. The summed E-state index contributed by atoms with van der Waals surface area (Å²) in [4.78, 5) is 31.2. The maximum Gasteiger partial charge on any atom is 0.274 e. The molecule has 7 nitrogen and oxygen atoms in total. The van der Waals surface area contributed by atoms with Gasteiger partial charge in [0, 0.05) is 30.5 Å². The summed E-state index contributed by atoms with van der Waals surface area (Å²) in [6, 6.07) is 5.40. The van der Waals surface area contributed by atoms with Gasteiger partial charge in [-0.25, -0.2) is 4.98 Å². The van der Waals surface area contributed by atoms with Crippen LogP contribution in [0.25, 0.3) is 0 Å². The molecule has 0 radical (unpaired) electrons. The molecule has 0 unspecified atom stereocenters. The van der Waals surface area contributed by atoms with Crippen LogP contribution in [-0.4, -0.2) is 45.0 Å². The Hall–Kier alpha value is -2.70. The molecule has 1 atom stereocenters. The van der Waals surface area contributed by atoms with E-state index in [9.17, 15) is 9.59 Å². The van der Waals surface area contributed by atoms with Crippen molar-refractivity contribution in [3.8, 4) is 0 Å². The highest BCUT2D eigenvalue weighted by Gasteiger charge is 2.32. The average molecular weight is 339 g/mol. The Morgan fingerprint density at radius 3 is 3.00 bits per heavy atom. The largest absolute Gasteiger partial charge is 0.336 e. The van der Waals surface area contributed by atoms with Crippen molar-refractivity contribution < 1.29 is 9.59 Å². The Morgan fingerprint density at radius 1 is 1.24 bits per heavy atom. The number of rotatable bonds is 3. The summed E-state index contributed by atoms with van der Waals surface area (Å²) < 4.78 is 0. The van der Waals surface area contributed by atoms with Crippen LogP contribution in [-0.2, 0) is 17.6 Å². The molecular formula is C18H21N5O2. The van der Waals surface area contributed by atoms with Gasteiger partial charge >= 0.3 is 0 Å². The number of pyridine rings is 1. The zero-order chi connectivity index (χ0) is 17.2. The molecule has 1 fully saturated rings. The first-order valence-corrected chi connectivity index (χ1v) is 8.79. The molecule has 7 heteroatoms. The predicted molar refractivity (Wildman–Crippen MR) is 92.1 cm³/mol. The molecule has 2 aliphatic rings. The van der Waals surface area contributed by atoms with Crippen LogP contribution < -0.4 is 5.32 Å². The number of aryl methyl sites for hydroxylation is 1. The highest BCUT2D eigenvalue weighted by molar-refractivity contribution is 5.96. The van der Waals surface area contributed by atoms with Gasteiger partial charge in [-0.2, -0.15) is 5.10 Å². The summed E-state index contributed by atoms with van der Waals surface area (Å²) >= 11 is 0. The first-order chi connectivity index (χ1) is 12.2. The van der Waals surface area contributed by atoms with Gasteiger partial charge in [0.15, 0.2) is 5.69 Å². The molecule has 0 spiro atoms. The Labute approximate surface area is 145 Å². The lowest BCUT2D eigenvalue weighted by atomic mass is 9.96. The maximum atomic E-state index is 12.8. The second-order valence-electron chi connectivity index (χ2n) is 6.68. The van der Waals surface area contributed by atoms with E-state index >= 15 is 0 Å². The molecule has 0 saturated carbocycles. The molecule has 1 aliphatic carbocycles. The summed E-state index contributed by atoms with van der Waals surface area (Å²) in [7, 11) is 0. The van der Waals surface area contributed by atoms with Gasteiger partial charge in [-0.15, -0.1) is 0 Å². The summed E-state index contributed by atoms with van der Waals surface area (Å²) in [5, 5.41) is 10.0. The molecule has 4 rings (SSSR count). The minimum absolute atomic E-state index is 0.0604. The lowest BCUT2D eigenvalue weighted by Gasteiger charge is -2.31. The zero-order valence-corrected chi connectivity index (χ0v) is 14.0. The summed E-state index contributed by atoms with van der Waals surface area (Å²) in [5.74, 6) is 0.186. The standard InChI is InChI=1S/C18H21N5O2/c24-17(20-15-8-1-2-9-19-15)12-5-4-10-23(11-12)18(25)16-13-6-3-7-14(13)21-22-16/h1-2,8-9,12H,3-7,10-11H2,(H,21,22)(H,19,20,24)/t12-/m1/s1. The minimum atomic E-state index is -0.216. The van der Waals surface area contributed by atoms with E-state index in [4.69, 9.17) is 0 Å². The topological polar surface area (TPSA) is 91.0 Å². The lowest BCUT2D eigenvalue weighted by Crippen LogP contribution is -2.44. The third kappa shape index (κ3) is 3.14. The van der Waals surface area contributed by atoms with E-state index < -0.39 is 0 Å². The molecule has 2 amide bonds. The van der Waals surface area contributed by atoms with E-state index in [-0.39, 0.29) is 17.7 Å². The van der Waals surface area contributed by atoms with Crippen molar-refractivity contribution in [3.05, 3.63) is 41.3 Å². The quantitative estimate of drug-likeness (QED) is 0.892. The number of anilines is 1. The number of likely N-dealkylation sites (tertiary alicyclic amines) is 1. The van der Waals surface area contributed by atoms with Crippen LogP contribution >= 0.6 is 0 Å². The number of carbonyl (C=O) groups excluding carboxylic acids is 2. The van der Waals surface area contributed by atoms with Gasteiger partial charge < -0.3 is 10.2 Å². The second-order valence-corrected chi connectivity index (χ2v) is 6.68. The third-order valence-electron chi connectivity index (χ3n) is 5.00. The maximum absolute atomic E-state index is 12.8. The SMILES string of the molecule is O=C(Nc1ccccn1)[C@@H]1CCCN(C(=O)c2n[nH]c3c2CCC3)C1. The Kier molecular flexibility index (Phi) is 4.21. The fourth-order valence-corrected chi connectivity index (χ4v) is 3.69. The van der Waals surface area contributed by atoms with Gasteiger partial charge in [0.1, 0.15) is 5.82 Å². The van der Waals surface area contributed by atoms with Crippen LogP contribution in [0.4, 0.5) is 5.82 Å². The predicted octanol–water partition coefficient (Wildman–Crippen LogP) is 1.78. The van der Waals surface area contributed by atoms with Crippen molar-refractivity contribution in [1.29, 1.82) is 0 Å². The number of aromatic nitrogens is 3. The molecule has 25 heavy (non-hydrogen) atoms. The first-order valence-electron chi connectivity index (χ1n) is 8.79. The number of hydrogen-bond donors (Lipinski definition) is 2. The van der Waals surface area contributed by atoms with Crippen molar-refractivity contribution >= 4 is 17.6 Å². The highest BCUT2D eigenvalue weighted by Crippen LogP contribution is 2.26. The number of aromatic amines is 1. The Morgan fingerprint density at radius 2 is 2.16 bits per heavy atom. The van der Waals surface area contributed by atoms with E-state index in [0.29, 0.717) is 24.6 Å². The zero-order valence-electron chi connectivity index (χ0n) is 14.0. The minimum Gasteiger partial charge on any atom is -0.336 e. The van der Waals surface area contributed by atoms with Gasteiger partial charge in [0.25, 0.3) is 5.91 Å². The summed E-state index contributed by atoms with van der Waals surface area (Å²) in [6.45, 7) is 1.10. The van der Waals surface area contributed by atoms with Crippen LogP contribution in [0, 0.1) is 5.92 Å². The first kappa shape index (κ1) is 15.8. The number of nitrogens with one attached hydrogen (secondary N) is 2. The average Bonchev–Trinajstić information content (AvgIpc) is 3.26. The molecule has 3 heterocycles. The molecule has 1 saturated heterocycles. The van der Waals surface area contributed by atoms with E-state index in [0.717, 1.165) is 43.4 Å². The van der Waals surface area contributed by atoms with Gasteiger partial charge in [0.05, 0.1) is 5.92 Å². The molecule has 0 bridgehead atoms. The van der Waals surface area contributed by atoms with Crippen molar-refractivity contribution in [2.75, 3.05) is 18.4 Å². The molecule has 2 aromatic heterocycles. The van der Waals surface area contributed by atoms with E-state index in [1.807, 2.05) is 6.07 Å². The number of amides is 2. The van der Waals surface area contributed by atoms with Gasteiger partial charge in [-0.05, 0) is 44.2 Å². The number of hydrogen-bond acceptors (Lipinski definition) is 4. The van der Waals surface area contributed by atoms with Crippen LogP contribution in [0.3, 0.4) is 0 Å². The number of carbonyl (C=O) groups is 2. The van der Waals surface area contributed by atoms with E-state index in [1.54, 1.807) is 23.2 Å². The van der Waals surface area contributed by atoms with Crippen LogP contribution in [0.1, 0.15) is 41.0 Å². The third-order valence-corrected chi connectivity index (χ3v) is 5.00. The fraction of sp³-hybridized carbons (Fsp3) is 0.444. The normalized spacial score (nSPS) is 19.5. The fourth-order valence-electron chi connectivity index (χ4n) is 3.69. The number of fused-ring (bicyclic) bond motifs is 1. The summed E-state index contributed by atoms with van der Waals surface area (Å²) in [5.41, 5.74) is 2.69. The molecule has 0 aromatic carbocycles. The number of H-pyrrole nitrogens is 1.